The smallest absolute Gasteiger partial charge is 0.162 e. The Morgan fingerprint density at radius 1 is 1.04 bits per heavy atom. The van der Waals surface area contributed by atoms with Gasteiger partial charge in [0.15, 0.2) is 11.5 Å². The van der Waals surface area contributed by atoms with Crippen LogP contribution < -0.4 is 14.8 Å². The zero-order valence-corrected chi connectivity index (χ0v) is 15.0. The summed E-state index contributed by atoms with van der Waals surface area (Å²) in [6.07, 6.45) is 0. The van der Waals surface area contributed by atoms with Crippen molar-refractivity contribution < 1.29 is 13.9 Å². The predicted molar refractivity (Wildman–Crippen MR) is 93.4 cm³/mol. The zero-order chi connectivity index (χ0) is 16.7. The van der Waals surface area contributed by atoms with E-state index < -0.39 is 0 Å². The van der Waals surface area contributed by atoms with Gasteiger partial charge in [0, 0.05) is 16.6 Å². The van der Waals surface area contributed by atoms with Crippen LogP contribution in [-0.2, 0) is 13.2 Å². The molecular weight excluding hydrogens is 361 g/mol. The molecule has 0 aliphatic carbocycles. The number of nitrogens with one attached hydrogen (secondary N) is 1. The SMILES string of the molecule is CCNCc1cc(OCC)c(OCc2ccccc2F)cc1Br. The third-order valence-corrected chi connectivity index (χ3v) is 4.06. The topological polar surface area (TPSA) is 30.5 Å². The summed E-state index contributed by atoms with van der Waals surface area (Å²) in [5, 5.41) is 3.28. The summed E-state index contributed by atoms with van der Waals surface area (Å²) in [6.45, 7) is 6.31. The monoisotopic (exact) mass is 381 g/mol. The van der Waals surface area contributed by atoms with E-state index in [1.54, 1.807) is 18.2 Å². The summed E-state index contributed by atoms with van der Waals surface area (Å²) in [4.78, 5) is 0. The van der Waals surface area contributed by atoms with E-state index in [9.17, 15) is 4.39 Å². The van der Waals surface area contributed by atoms with Gasteiger partial charge in [-0.1, -0.05) is 41.1 Å². The number of hydrogen-bond donors (Lipinski definition) is 1. The van der Waals surface area contributed by atoms with Gasteiger partial charge in [-0.25, -0.2) is 4.39 Å². The Morgan fingerprint density at radius 3 is 2.48 bits per heavy atom. The minimum absolute atomic E-state index is 0.158. The molecule has 3 nitrogen and oxygen atoms in total. The average molecular weight is 382 g/mol. The standard InChI is InChI=1S/C18H21BrFNO2/c1-3-21-11-14-9-17(22-4-2)18(10-15(14)19)23-12-13-7-5-6-8-16(13)20/h5-10,21H,3-4,11-12H2,1-2H3. The lowest BCUT2D eigenvalue weighted by atomic mass is 10.2. The molecule has 0 aromatic heterocycles. The van der Waals surface area contributed by atoms with Crippen LogP contribution in [0.1, 0.15) is 25.0 Å². The van der Waals surface area contributed by atoms with Crippen LogP contribution in [0.3, 0.4) is 0 Å². The molecule has 0 radical (unpaired) electrons. The fourth-order valence-electron chi connectivity index (χ4n) is 2.12. The Morgan fingerprint density at radius 2 is 1.78 bits per heavy atom. The Hall–Kier alpha value is -1.59. The van der Waals surface area contributed by atoms with Crippen LogP contribution in [0.4, 0.5) is 4.39 Å². The summed E-state index contributed by atoms with van der Waals surface area (Å²) in [6, 6.07) is 10.4. The van der Waals surface area contributed by atoms with E-state index in [1.807, 2.05) is 19.1 Å². The fourth-order valence-corrected chi connectivity index (χ4v) is 2.59. The number of ether oxygens (including phenoxy) is 2. The molecule has 0 atom stereocenters. The van der Waals surface area contributed by atoms with Crippen molar-refractivity contribution in [2.45, 2.75) is 27.0 Å². The van der Waals surface area contributed by atoms with E-state index in [0.29, 0.717) is 23.7 Å². The largest absolute Gasteiger partial charge is 0.490 e. The number of halogens is 2. The van der Waals surface area contributed by atoms with Gasteiger partial charge in [-0.15, -0.1) is 0 Å². The summed E-state index contributed by atoms with van der Waals surface area (Å²) < 4.78 is 26.1. The maximum absolute atomic E-state index is 13.7. The molecule has 2 aromatic carbocycles. The fraction of sp³-hybridized carbons (Fsp3) is 0.333. The van der Waals surface area contributed by atoms with Crippen molar-refractivity contribution in [3.05, 3.63) is 57.8 Å². The van der Waals surface area contributed by atoms with E-state index >= 15 is 0 Å². The second-order valence-electron chi connectivity index (χ2n) is 4.98. The molecule has 23 heavy (non-hydrogen) atoms. The summed E-state index contributed by atoms with van der Waals surface area (Å²) in [7, 11) is 0. The molecule has 2 aromatic rings. The molecule has 0 aliphatic rings. The molecule has 0 spiro atoms. The van der Waals surface area contributed by atoms with Gasteiger partial charge in [0.25, 0.3) is 0 Å². The maximum Gasteiger partial charge on any atom is 0.162 e. The van der Waals surface area contributed by atoms with Crippen LogP contribution >= 0.6 is 15.9 Å². The Labute approximate surface area is 144 Å². The van der Waals surface area contributed by atoms with Gasteiger partial charge in [0.05, 0.1) is 6.61 Å². The van der Waals surface area contributed by atoms with Gasteiger partial charge in [0.2, 0.25) is 0 Å². The van der Waals surface area contributed by atoms with Gasteiger partial charge in [0.1, 0.15) is 12.4 Å². The van der Waals surface area contributed by atoms with Crippen LogP contribution in [0, 0.1) is 5.82 Å². The molecule has 5 heteroatoms. The molecule has 0 aliphatic heterocycles. The molecule has 0 saturated heterocycles. The molecular formula is C18H21BrFNO2. The second-order valence-corrected chi connectivity index (χ2v) is 5.84. The first-order chi connectivity index (χ1) is 11.2. The summed E-state index contributed by atoms with van der Waals surface area (Å²) >= 11 is 3.55. The van der Waals surface area contributed by atoms with Crippen molar-refractivity contribution in [3.63, 3.8) is 0 Å². The maximum atomic E-state index is 13.7. The van der Waals surface area contributed by atoms with Crippen molar-refractivity contribution >= 4 is 15.9 Å². The molecule has 2 rings (SSSR count). The van der Waals surface area contributed by atoms with Crippen LogP contribution in [0.25, 0.3) is 0 Å². The van der Waals surface area contributed by atoms with E-state index in [-0.39, 0.29) is 12.4 Å². The van der Waals surface area contributed by atoms with E-state index in [2.05, 4.69) is 28.2 Å². The number of hydrogen-bond acceptors (Lipinski definition) is 3. The highest BCUT2D eigenvalue weighted by molar-refractivity contribution is 9.10. The third kappa shape index (κ3) is 4.94. The number of benzene rings is 2. The van der Waals surface area contributed by atoms with Crippen molar-refractivity contribution in [1.29, 1.82) is 0 Å². The molecule has 0 saturated carbocycles. The highest BCUT2D eigenvalue weighted by Gasteiger charge is 2.12. The van der Waals surface area contributed by atoms with Crippen molar-refractivity contribution in [3.8, 4) is 11.5 Å². The lowest BCUT2D eigenvalue weighted by Gasteiger charge is -2.15. The van der Waals surface area contributed by atoms with E-state index in [1.165, 1.54) is 6.07 Å². The molecule has 0 amide bonds. The van der Waals surface area contributed by atoms with Crippen molar-refractivity contribution in [2.75, 3.05) is 13.2 Å². The second kappa shape index (κ2) is 8.89. The average Bonchev–Trinajstić information content (AvgIpc) is 2.55. The first-order valence-electron chi connectivity index (χ1n) is 7.67. The first-order valence-corrected chi connectivity index (χ1v) is 8.47. The first kappa shape index (κ1) is 17.8. The molecule has 0 heterocycles. The zero-order valence-electron chi connectivity index (χ0n) is 13.4. The van der Waals surface area contributed by atoms with Gasteiger partial charge in [-0.3, -0.25) is 0 Å². The highest BCUT2D eigenvalue weighted by Crippen LogP contribution is 2.34. The Bertz CT molecular complexity index is 649. The lowest BCUT2D eigenvalue weighted by Crippen LogP contribution is -2.12. The Kier molecular flexibility index (Phi) is 6.86. The van der Waals surface area contributed by atoms with Crippen molar-refractivity contribution in [1.82, 2.24) is 5.32 Å². The molecule has 0 unspecified atom stereocenters. The molecule has 1 N–H and O–H groups in total. The Balaban J connectivity index is 2.19. The highest BCUT2D eigenvalue weighted by atomic mass is 79.9. The predicted octanol–water partition coefficient (Wildman–Crippen LogP) is 4.68. The summed E-state index contributed by atoms with van der Waals surface area (Å²) in [5.74, 6) is 0.996. The summed E-state index contributed by atoms with van der Waals surface area (Å²) in [5.41, 5.74) is 1.61. The molecule has 0 bridgehead atoms. The van der Waals surface area contributed by atoms with Crippen LogP contribution in [0.15, 0.2) is 40.9 Å². The minimum atomic E-state index is -0.270. The molecule has 0 fully saturated rings. The normalized spacial score (nSPS) is 10.6. The van der Waals surface area contributed by atoms with Crippen LogP contribution in [0.5, 0.6) is 11.5 Å². The van der Waals surface area contributed by atoms with Gasteiger partial charge >= 0.3 is 0 Å². The lowest BCUT2D eigenvalue weighted by molar-refractivity contribution is 0.265. The molecule has 124 valence electrons. The van der Waals surface area contributed by atoms with Crippen molar-refractivity contribution in [2.24, 2.45) is 0 Å². The van der Waals surface area contributed by atoms with Gasteiger partial charge in [-0.2, -0.15) is 0 Å². The van der Waals surface area contributed by atoms with Crippen LogP contribution in [0.2, 0.25) is 0 Å². The number of rotatable bonds is 8. The van der Waals surface area contributed by atoms with Gasteiger partial charge in [-0.05, 0) is 37.2 Å². The van der Waals surface area contributed by atoms with Gasteiger partial charge < -0.3 is 14.8 Å². The minimum Gasteiger partial charge on any atom is -0.490 e. The van der Waals surface area contributed by atoms with E-state index in [4.69, 9.17) is 9.47 Å². The van der Waals surface area contributed by atoms with Crippen LogP contribution in [-0.4, -0.2) is 13.2 Å². The quantitative estimate of drug-likeness (QED) is 0.720. The van der Waals surface area contributed by atoms with E-state index in [0.717, 1.165) is 23.1 Å². The third-order valence-electron chi connectivity index (χ3n) is 3.32.